The maximum Gasteiger partial charge on any atom is 0.414 e. The molecule has 1 aliphatic carbocycles. The first-order chi connectivity index (χ1) is 10.3. The molecule has 114 valence electrons. The summed E-state index contributed by atoms with van der Waals surface area (Å²) < 4.78 is 5.43. The lowest BCUT2D eigenvalue weighted by atomic mass is 9.82. The topological polar surface area (TPSA) is 83.0 Å². The molecule has 3 rings (SSSR count). The molecule has 0 N–H and O–H groups in total. The molecular weight excluding hydrogens is 282 g/mol. The number of rotatable bonds is 0. The van der Waals surface area contributed by atoms with Gasteiger partial charge in [-0.2, -0.15) is 4.79 Å². The Labute approximate surface area is 128 Å². The van der Waals surface area contributed by atoms with Crippen molar-refractivity contribution >= 4 is 23.3 Å². The first kappa shape index (κ1) is 14.5. The number of Topliss-reactive ketones (excluding diaryl/α,β-unsaturated/α-hetero) is 1. The largest absolute Gasteiger partial charge is 0.443 e. The zero-order chi connectivity index (χ0) is 16.1. The van der Waals surface area contributed by atoms with Crippen LogP contribution in [-0.4, -0.2) is 34.5 Å². The second-order valence-electron chi connectivity index (χ2n) is 6.60. The molecule has 0 spiro atoms. The summed E-state index contributed by atoms with van der Waals surface area (Å²) in [4.78, 5) is 29.1. The van der Waals surface area contributed by atoms with Gasteiger partial charge in [0.1, 0.15) is 5.60 Å². The number of nitrogens with zero attached hydrogens (tertiary/aromatic N) is 3. The van der Waals surface area contributed by atoms with E-state index in [-0.39, 0.29) is 23.8 Å². The first-order valence-electron chi connectivity index (χ1n) is 7.21. The van der Waals surface area contributed by atoms with Crippen molar-refractivity contribution in [1.82, 2.24) is 0 Å². The van der Waals surface area contributed by atoms with Crippen molar-refractivity contribution in [1.29, 1.82) is 0 Å². The predicted octanol–water partition coefficient (Wildman–Crippen LogP) is 2.52. The van der Waals surface area contributed by atoms with Crippen molar-refractivity contribution in [3.05, 3.63) is 34.9 Å². The molecule has 0 aromatic heterocycles. The standard InChI is InChI=1S/C16H17N3O3/c1-16(2,3)22-15(21)19-8-9-7-12(20)14(18-17)10-5-4-6-11(19)13(9)10/h4-6,9H,7-8H2,1-3H3/t9-/m0/s1. The highest BCUT2D eigenvalue weighted by molar-refractivity contribution is 6.45. The fourth-order valence-corrected chi connectivity index (χ4v) is 3.07. The van der Waals surface area contributed by atoms with Gasteiger partial charge < -0.3 is 10.3 Å². The Hall–Kier alpha value is -2.46. The Balaban J connectivity index is 2.05. The number of carbonyl (C=O) groups excluding carboxylic acids is 2. The van der Waals surface area contributed by atoms with E-state index in [4.69, 9.17) is 10.3 Å². The number of carbonyl (C=O) groups is 2. The summed E-state index contributed by atoms with van der Waals surface area (Å²) in [6, 6.07) is 5.32. The number of amides is 1. The molecule has 1 aromatic carbocycles. The van der Waals surface area contributed by atoms with Crippen molar-refractivity contribution in [2.75, 3.05) is 11.4 Å². The van der Waals surface area contributed by atoms with Crippen molar-refractivity contribution in [3.8, 4) is 0 Å². The fourth-order valence-electron chi connectivity index (χ4n) is 3.07. The van der Waals surface area contributed by atoms with Crippen LogP contribution in [0.4, 0.5) is 10.5 Å². The molecule has 0 radical (unpaired) electrons. The third kappa shape index (κ3) is 2.22. The Kier molecular flexibility index (Phi) is 3.15. The average Bonchev–Trinajstić information content (AvgIpc) is 2.77. The highest BCUT2D eigenvalue weighted by atomic mass is 16.6. The Morgan fingerprint density at radius 1 is 1.41 bits per heavy atom. The van der Waals surface area contributed by atoms with Gasteiger partial charge in [-0.15, -0.1) is 0 Å². The number of ether oxygens (including phenoxy) is 1. The molecule has 22 heavy (non-hydrogen) atoms. The van der Waals surface area contributed by atoms with Gasteiger partial charge >= 0.3 is 11.8 Å². The minimum absolute atomic E-state index is 0.0686. The van der Waals surface area contributed by atoms with E-state index in [1.54, 1.807) is 17.0 Å². The van der Waals surface area contributed by atoms with Gasteiger partial charge in [0, 0.05) is 18.9 Å². The summed E-state index contributed by atoms with van der Waals surface area (Å²) in [5.41, 5.74) is 10.8. The number of hydrogen-bond acceptors (Lipinski definition) is 3. The van der Waals surface area contributed by atoms with Crippen LogP contribution in [0.1, 0.15) is 44.2 Å². The third-order valence-electron chi connectivity index (χ3n) is 3.85. The molecular formula is C16H17N3O3. The highest BCUT2D eigenvalue weighted by Crippen LogP contribution is 2.43. The Morgan fingerprint density at radius 2 is 2.14 bits per heavy atom. The molecule has 0 saturated carbocycles. The lowest BCUT2D eigenvalue weighted by Gasteiger charge is -2.25. The second-order valence-corrected chi connectivity index (χ2v) is 6.60. The van der Waals surface area contributed by atoms with Gasteiger partial charge in [-0.1, -0.05) is 6.07 Å². The Bertz CT molecular complexity index is 727. The fraction of sp³-hybridized carbons (Fsp3) is 0.438. The Morgan fingerprint density at radius 3 is 2.77 bits per heavy atom. The van der Waals surface area contributed by atoms with Crippen LogP contribution in [0, 0.1) is 0 Å². The number of hydrogen-bond donors (Lipinski definition) is 0. The minimum Gasteiger partial charge on any atom is -0.443 e. The van der Waals surface area contributed by atoms with Crippen LogP contribution in [0.15, 0.2) is 18.2 Å². The van der Waals surface area contributed by atoms with Crippen LogP contribution in [0.3, 0.4) is 0 Å². The van der Waals surface area contributed by atoms with E-state index >= 15 is 0 Å². The summed E-state index contributed by atoms with van der Waals surface area (Å²) in [7, 11) is 0. The van der Waals surface area contributed by atoms with Gasteiger partial charge in [-0.05, 0) is 38.5 Å². The summed E-state index contributed by atoms with van der Waals surface area (Å²) in [5.74, 6) is -0.278. The average molecular weight is 299 g/mol. The molecule has 1 atom stereocenters. The second kappa shape index (κ2) is 4.78. The SMILES string of the molecule is CC(C)(C)OC(=O)N1C[C@@H]2CC(=O)C(=[N+]=[N-])c3cccc1c32. The van der Waals surface area contributed by atoms with Crippen LogP contribution < -0.4 is 4.90 Å². The van der Waals surface area contributed by atoms with E-state index in [9.17, 15) is 9.59 Å². The normalized spacial score (nSPS) is 19.8. The first-order valence-corrected chi connectivity index (χ1v) is 7.21. The molecule has 1 aliphatic heterocycles. The molecule has 1 aromatic rings. The van der Waals surface area contributed by atoms with Crippen molar-refractivity contribution < 1.29 is 19.1 Å². The summed E-state index contributed by atoms with van der Waals surface area (Å²) >= 11 is 0. The van der Waals surface area contributed by atoms with E-state index in [2.05, 4.69) is 4.79 Å². The molecule has 6 heteroatoms. The van der Waals surface area contributed by atoms with Crippen molar-refractivity contribution in [3.63, 3.8) is 0 Å². The molecule has 2 aliphatic rings. The van der Waals surface area contributed by atoms with E-state index in [0.29, 0.717) is 12.1 Å². The van der Waals surface area contributed by atoms with Crippen LogP contribution in [0.2, 0.25) is 0 Å². The van der Waals surface area contributed by atoms with Crippen LogP contribution >= 0.6 is 0 Å². The zero-order valence-corrected chi connectivity index (χ0v) is 12.8. The van der Waals surface area contributed by atoms with Crippen LogP contribution in [0.25, 0.3) is 5.53 Å². The molecule has 1 heterocycles. The van der Waals surface area contributed by atoms with E-state index < -0.39 is 11.7 Å². The van der Waals surface area contributed by atoms with Gasteiger partial charge in [0.05, 0.1) is 11.3 Å². The predicted molar refractivity (Wildman–Crippen MR) is 80.1 cm³/mol. The van der Waals surface area contributed by atoms with Gasteiger partial charge in [0.25, 0.3) is 0 Å². The van der Waals surface area contributed by atoms with Crippen LogP contribution in [-0.2, 0) is 9.53 Å². The lowest BCUT2D eigenvalue weighted by molar-refractivity contribution is -0.117. The molecule has 1 amide bonds. The molecule has 0 fully saturated rings. The maximum absolute atomic E-state index is 12.4. The van der Waals surface area contributed by atoms with Gasteiger partial charge in [-0.3, -0.25) is 9.69 Å². The lowest BCUT2D eigenvalue weighted by Crippen LogP contribution is -2.36. The van der Waals surface area contributed by atoms with Gasteiger partial charge in [0.2, 0.25) is 5.78 Å². The van der Waals surface area contributed by atoms with Gasteiger partial charge in [0.15, 0.2) is 0 Å². The maximum atomic E-state index is 12.4. The number of ketones is 1. The molecule has 0 saturated heterocycles. The van der Waals surface area contributed by atoms with Gasteiger partial charge in [-0.25, -0.2) is 4.79 Å². The van der Waals surface area contributed by atoms with Crippen LogP contribution in [0.5, 0.6) is 0 Å². The van der Waals surface area contributed by atoms with Crippen molar-refractivity contribution in [2.45, 2.75) is 38.7 Å². The zero-order valence-electron chi connectivity index (χ0n) is 12.8. The molecule has 0 unspecified atom stereocenters. The number of benzene rings is 1. The smallest absolute Gasteiger partial charge is 0.414 e. The third-order valence-corrected chi connectivity index (χ3v) is 3.85. The number of anilines is 1. The van der Waals surface area contributed by atoms with E-state index in [0.717, 1.165) is 11.3 Å². The monoisotopic (exact) mass is 299 g/mol. The molecule has 6 nitrogen and oxygen atoms in total. The van der Waals surface area contributed by atoms with E-state index in [1.165, 1.54) is 0 Å². The molecule has 0 bridgehead atoms. The summed E-state index contributed by atoms with van der Waals surface area (Å²) in [6.07, 6.45) is -0.187. The van der Waals surface area contributed by atoms with Crippen molar-refractivity contribution in [2.24, 2.45) is 0 Å². The summed E-state index contributed by atoms with van der Waals surface area (Å²) in [6.45, 7) is 5.85. The summed E-state index contributed by atoms with van der Waals surface area (Å²) in [5, 5.41) is 0. The van der Waals surface area contributed by atoms with E-state index in [1.807, 2.05) is 26.8 Å². The highest BCUT2D eigenvalue weighted by Gasteiger charge is 2.44. The quantitative estimate of drug-likeness (QED) is 0.545. The minimum atomic E-state index is -0.583.